The number of aliphatic hydroxyl groups is 9. The molecule has 2 aliphatic rings. The molecule has 0 amide bonds. The number of nitriles is 1. The van der Waals surface area contributed by atoms with E-state index in [1.165, 1.54) is 11.6 Å². The zero-order valence-electron chi connectivity index (χ0n) is 21.2. The average molecular weight is 534 g/mol. The lowest BCUT2D eigenvalue weighted by Crippen LogP contribution is -2.46. The summed E-state index contributed by atoms with van der Waals surface area (Å²) < 4.78 is 9.21. The Morgan fingerprint density at radius 1 is 0.892 bits per heavy atom. The normalized spacial score (nSPS) is 17.1. The topological polar surface area (TPSA) is 231 Å². The van der Waals surface area contributed by atoms with Gasteiger partial charge in [-0.15, -0.1) is 0 Å². The molecule has 37 heavy (non-hydrogen) atoms. The third kappa shape index (κ3) is 31.7. The summed E-state index contributed by atoms with van der Waals surface area (Å²) in [7, 11) is 0. The van der Waals surface area contributed by atoms with Gasteiger partial charge in [0, 0.05) is 6.08 Å². The quantitative estimate of drug-likeness (QED) is 0.133. The highest BCUT2D eigenvalue weighted by atomic mass is 16.6. The van der Waals surface area contributed by atoms with E-state index >= 15 is 0 Å². The van der Waals surface area contributed by atoms with Gasteiger partial charge in [-0.2, -0.15) is 5.26 Å². The van der Waals surface area contributed by atoms with E-state index in [0.717, 1.165) is 19.8 Å². The smallest absolute Gasteiger partial charge is 0.111 e. The lowest BCUT2D eigenvalue weighted by atomic mass is 10.0. The fourth-order valence-corrected chi connectivity index (χ4v) is 1.41. The number of nitrogens with zero attached hydrogens (tertiary/aromatic N) is 1. The highest BCUT2D eigenvalue weighted by Gasteiger charge is 2.29. The highest BCUT2D eigenvalue weighted by molar-refractivity contribution is 5.45. The molecule has 2 aliphatic heterocycles. The van der Waals surface area contributed by atoms with Crippen LogP contribution in [0.3, 0.4) is 0 Å². The number of ether oxygens (including phenoxy) is 2. The fourth-order valence-electron chi connectivity index (χ4n) is 1.41. The molecule has 9 N–H and O–H groups in total. The highest BCUT2D eigenvalue weighted by Crippen LogP contribution is 2.04. The predicted molar refractivity (Wildman–Crippen MR) is 137 cm³/mol. The second-order valence-electron chi connectivity index (χ2n) is 7.20. The number of rotatable bonds is 8. The summed E-state index contributed by atoms with van der Waals surface area (Å²) in [6.45, 7) is 9.61. The predicted octanol–water partition coefficient (Wildman–Crippen LogP) is -1.81. The number of hydrogen-bond acceptors (Lipinski definition) is 12. The molecular formula is C25H43NO11. The van der Waals surface area contributed by atoms with Crippen LogP contribution in [-0.2, 0) is 9.47 Å². The van der Waals surface area contributed by atoms with Crippen LogP contribution in [-0.4, -0.2) is 129 Å². The number of epoxide rings is 2. The maximum absolute atomic E-state index is 8.96. The summed E-state index contributed by atoms with van der Waals surface area (Å²) >= 11 is 0. The van der Waals surface area contributed by atoms with Crippen LogP contribution in [0.1, 0.15) is 12.5 Å². The molecule has 0 aromatic heterocycles. The Labute approximate surface area is 218 Å². The van der Waals surface area contributed by atoms with Crippen molar-refractivity contribution in [2.75, 3.05) is 46.2 Å². The number of hydrogen-bond donors (Lipinski definition) is 9. The fraction of sp³-hybridized carbons (Fsp3) is 0.560. The molecule has 1 aromatic carbocycles. The van der Waals surface area contributed by atoms with Crippen molar-refractivity contribution in [2.24, 2.45) is 0 Å². The Balaban J connectivity index is -0.000000400. The van der Waals surface area contributed by atoms with Crippen LogP contribution < -0.4 is 0 Å². The van der Waals surface area contributed by atoms with Crippen molar-refractivity contribution in [3.05, 3.63) is 55.1 Å². The first-order chi connectivity index (χ1) is 17.6. The van der Waals surface area contributed by atoms with Gasteiger partial charge in [0.1, 0.15) is 30.5 Å². The second-order valence-corrected chi connectivity index (χ2v) is 7.20. The van der Waals surface area contributed by atoms with Gasteiger partial charge in [-0.05, 0) is 12.5 Å². The molecule has 0 spiro atoms. The lowest BCUT2D eigenvalue weighted by molar-refractivity contribution is -0.123. The van der Waals surface area contributed by atoms with Gasteiger partial charge in [-0.25, -0.2) is 0 Å². The van der Waals surface area contributed by atoms with Crippen molar-refractivity contribution >= 4 is 6.08 Å². The SMILES string of the molecule is C1CO1.C=CC#N.C=Cc1ccccc1.CC1CO1.OCC(O)C(O)C(O)C(O)CO.OCC(O)CO. The first kappa shape index (κ1) is 39.3. The minimum absolute atomic E-state index is 0.365. The zero-order chi connectivity index (χ0) is 29.1. The van der Waals surface area contributed by atoms with Crippen molar-refractivity contribution < 1.29 is 55.4 Å². The Hall–Kier alpha value is -2.25. The Morgan fingerprint density at radius 3 is 1.38 bits per heavy atom. The molecule has 214 valence electrons. The van der Waals surface area contributed by atoms with E-state index in [4.69, 9.17) is 56.0 Å². The van der Waals surface area contributed by atoms with Gasteiger partial charge in [-0.3, -0.25) is 0 Å². The molecule has 5 unspecified atom stereocenters. The van der Waals surface area contributed by atoms with Gasteiger partial charge in [0.05, 0.1) is 58.4 Å². The second kappa shape index (κ2) is 28.3. The van der Waals surface area contributed by atoms with Crippen molar-refractivity contribution in [1.82, 2.24) is 0 Å². The van der Waals surface area contributed by atoms with Gasteiger partial charge < -0.3 is 55.4 Å². The van der Waals surface area contributed by atoms with Crippen LogP contribution in [0.5, 0.6) is 0 Å². The molecule has 0 bridgehead atoms. The molecule has 0 saturated carbocycles. The molecule has 1 aromatic rings. The van der Waals surface area contributed by atoms with Crippen molar-refractivity contribution in [2.45, 2.75) is 43.5 Å². The van der Waals surface area contributed by atoms with Crippen LogP contribution in [0, 0.1) is 11.3 Å². The van der Waals surface area contributed by atoms with E-state index in [1.54, 1.807) is 6.07 Å². The molecule has 2 saturated heterocycles. The molecule has 0 radical (unpaired) electrons. The van der Waals surface area contributed by atoms with E-state index in [9.17, 15) is 0 Å². The first-order valence-corrected chi connectivity index (χ1v) is 11.3. The molecule has 12 heteroatoms. The van der Waals surface area contributed by atoms with E-state index < -0.39 is 43.7 Å². The van der Waals surface area contributed by atoms with Crippen molar-refractivity contribution in [3.8, 4) is 6.07 Å². The number of aliphatic hydroxyl groups excluding tert-OH is 9. The minimum Gasteiger partial charge on any atom is -0.394 e. The molecule has 0 aliphatic carbocycles. The molecule has 3 rings (SSSR count). The summed E-state index contributed by atoms with van der Waals surface area (Å²) in [5.41, 5.74) is 1.17. The Bertz CT molecular complexity index is 646. The van der Waals surface area contributed by atoms with Gasteiger partial charge in [-0.1, -0.05) is 49.6 Å². The van der Waals surface area contributed by atoms with E-state index in [2.05, 4.69) is 24.8 Å². The summed E-state index contributed by atoms with van der Waals surface area (Å²) in [6, 6.07) is 11.7. The monoisotopic (exact) mass is 533 g/mol. The van der Waals surface area contributed by atoms with Gasteiger partial charge in [0.2, 0.25) is 0 Å². The summed E-state index contributed by atoms with van der Waals surface area (Å²) in [5.74, 6) is 0. The van der Waals surface area contributed by atoms with Crippen LogP contribution in [0.4, 0.5) is 0 Å². The molecule has 5 atom stereocenters. The average Bonchev–Trinajstić information content (AvgIpc) is 3.89. The largest absolute Gasteiger partial charge is 0.394 e. The molecule has 12 nitrogen and oxygen atoms in total. The summed E-state index contributed by atoms with van der Waals surface area (Å²) in [4.78, 5) is 0. The van der Waals surface area contributed by atoms with Crippen LogP contribution in [0.15, 0.2) is 49.6 Å². The van der Waals surface area contributed by atoms with Crippen LogP contribution >= 0.6 is 0 Å². The Kier molecular flexibility index (Phi) is 30.1. The summed E-state index contributed by atoms with van der Waals surface area (Å²) in [5, 5.41) is 83.7. The van der Waals surface area contributed by atoms with Gasteiger partial charge in [0.15, 0.2) is 0 Å². The van der Waals surface area contributed by atoms with E-state index in [1.807, 2.05) is 36.4 Å². The maximum Gasteiger partial charge on any atom is 0.111 e. The standard InChI is InChI=1S/C8H8.C6H14O6.C3H3N.C3H8O3.C3H6O.C2H4O/c1-2-8-6-4-3-5-7-8;7-1-3(9)5(11)6(12)4(10)2-8;1-2-3-4;4-1-3(6)2-5;1-3-2-4-3;1-2-3-1/h2-7H,1H2;3-12H,1-2H2;2H,1H2;3-6H,1-2H2;3H,2H2,1H3;1-2H2. The Morgan fingerprint density at radius 2 is 1.24 bits per heavy atom. The van der Waals surface area contributed by atoms with Crippen LogP contribution in [0.25, 0.3) is 6.08 Å². The molecular weight excluding hydrogens is 490 g/mol. The molecule has 2 fully saturated rings. The first-order valence-electron chi connectivity index (χ1n) is 11.3. The van der Waals surface area contributed by atoms with Crippen LogP contribution in [0.2, 0.25) is 0 Å². The maximum atomic E-state index is 8.96. The van der Waals surface area contributed by atoms with Gasteiger partial charge >= 0.3 is 0 Å². The van der Waals surface area contributed by atoms with Gasteiger partial charge in [0.25, 0.3) is 0 Å². The number of allylic oxidation sites excluding steroid dienone is 1. The third-order valence-electron chi connectivity index (χ3n) is 3.76. The third-order valence-corrected chi connectivity index (χ3v) is 3.76. The molecule has 2 heterocycles. The minimum atomic E-state index is -1.67. The lowest BCUT2D eigenvalue weighted by Gasteiger charge is -2.24. The van der Waals surface area contributed by atoms with E-state index in [-0.39, 0.29) is 13.2 Å². The van der Waals surface area contributed by atoms with Crippen molar-refractivity contribution in [1.29, 1.82) is 5.26 Å². The van der Waals surface area contributed by atoms with Crippen molar-refractivity contribution in [3.63, 3.8) is 0 Å². The number of benzene rings is 1. The summed E-state index contributed by atoms with van der Waals surface area (Å²) in [6.07, 6.45) is -3.75. The zero-order valence-corrected chi connectivity index (χ0v) is 21.2. The van der Waals surface area contributed by atoms with E-state index in [0.29, 0.717) is 6.10 Å².